The van der Waals surface area contributed by atoms with E-state index in [0.717, 1.165) is 33.6 Å². The molecule has 0 fully saturated rings. The Hall–Kier alpha value is -3.04. The number of benzene rings is 3. The lowest BCUT2D eigenvalue weighted by atomic mass is 10.1. The summed E-state index contributed by atoms with van der Waals surface area (Å²) in [6.45, 7) is 7.98. The molecule has 5 rings (SSSR count). The van der Waals surface area contributed by atoms with Crippen molar-refractivity contribution >= 4 is 63.0 Å². The molecule has 3 aromatic carbocycles. The molecule has 2 aromatic heterocycles. The number of hydrogen-bond donors (Lipinski definition) is 0. The van der Waals surface area contributed by atoms with Crippen LogP contribution in [-0.4, -0.2) is 25.7 Å². The summed E-state index contributed by atoms with van der Waals surface area (Å²) in [4.78, 5) is 32.2. The second-order valence-electron chi connectivity index (χ2n) is 9.09. The summed E-state index contributed by atoms with van der Waals surface area (Å²) in [6.07, 6.45) is 0. The van der Waals surface area contributed by atoms with Crippen LogP contribution in [0, 0.1) is 31.6 Å². The van der Waals surface area contributed by atoms with Gasteiger partial charge in [0, 0.05) is 10.6 Å². The van der Waals surface area contributed by atoms with Crippen molar-refractivity contribution in [2.24, 2.45) is 0 Å². The predicted molar refractivity (Wildman–Crippen MR) is 161 cm³/mol. The van der Waals surface area contributed by atoms with Crippen molar-refractivity contribution in [3.05, 3.63) is 108 Å². The Labute approximate surface area is 238 Å². The van der Waals surface area contributed by atoms with Crippen LogP contribution in [0.5, 0.6) is 0 Å². The summed E-state index contributed by atoms with van der Waals surface area (Å²) in [5.74, 6) is 0.0321. The minimum absolute atomic E-state index is 0.0778. The van der Waals surface area contributed by atoms with E-state index in [2.05, 4.69) is 0 Å². The molecule has 5 aromatic rings. The van der Waals surface area contributed by atoms with Gasteiger partial charge in [-0.1, -0.05) is 71.1 Å². The molecule has 0 unspecified atom stereocenters. The Bertz CT molecular complexity index is 1800. The van der Waals surface area contributed by atoms with Gasteiger partial charge in [0.05, 0.1) is 17.1 Å². The van der Waals surface area contributed by atoms with Crippen molar-refractivity contribution in [2.45, 2.75) is 32.9 Å². The molecule has 0 bridgehead atoms. The molecule has 0 saturated heterocycles. The van der Waals surface area contributed by atoms with E-state index in [9.17, 15) is 9.59 Å². The molecule has 0 aliphatic carbocycles. The topological polar surface area (TPSA) is 56.9 Å². The number of carbonyl (C=O) groups excluding carboxylic acids is 1. The normalized spacial score (nSPS) is 11.3. The molecule has 0 spiro atoms. The lowest BCUT2D eigenvalue weighted by molar-refractivity contribution is 0.102. The zero-order chi connectivity index (χ0) is 27.1. The smallest absolute Gasteiger partial charge is 0.278 e. The molecule has 5 nitrogen and oxygen atoms in total. The number of aryl methyl sites for hydroxylation is 4. The van der Waals surface area contributed by atoms with E-state index in [-0.39, 0.29) is 17.1 Å². The fourth-order valence-electron chi connectivity index (χ4n) is 4.59. The van der Waals surface area contributed by atoms with Crippen LogP contribution in [0.2, 0.25) is 5.02 Å². The largest absolute Gasteiger partial charge is 0.293 e. The lowest BCUT2D eigenvalue weighted by Gasteiger charge is -2.17. The molecule has 9 heteroatoms. The van der Waals surface area contributed by atoms with Crippen molar-refractivity contribution in [1.82, 2.24) is 14.1 Å². The number of nitrogens with zero attached hydrogens (tertiary/aromatic N) is 3. The summed E-state index contributed by atoms with van der Waals surface area (Å²) in [7, 11) is 0. The number of rotatable bonds is 6. The standard InChI is InChI=1S/C29H24ClN3O2S3/c1-16-7-5-8-17(2)23(16)32-26-25(38-29(32)36)27(35)33(24-18(3)9-6-10-19(24)4)28(31-26)37-15-22(34)20-11-13-21(30)14-12-20/h5-14H,15H2,1-4H3. The van der Waals surface area contributed by atoms with Crippen molar-refractivity contribution in [3.8, 4) is 11.4 Å². The Kier molecular flexibility index (Phi) is 7.42. The summed E-state index contributed by atoms with van der Waals surface area (Å²) in [6, 6.07) is 18.7. The molecule has 0 N–H and O–H groups in total. The average Bonchev–Trinajstić information content (AvgIpc) is 3.20. The van der Waals surface area contributed by atoms with E-state index in [1.807, 2.05) is 68.7 Å². The number of Topliss-reactive ketones (excluding diaryl/α,β-unsaturated/α-hetero) is 1. The van der Waals surface area contributed by atoms with E-state index in [1.165, 1.54) is 23.1 Å². The Balaban J connectivity index is 1.74. The first-order valence-electron chi connectivity index (χ1n) is 11.9. The first-order valence-corrected chi connectivity index (χ1v) is 14.5. The molecule has 2 heterocycles. The van der Waals surface area contributed by atoms with Gasteiger partial charge in [-0.3, -0.25) is 18.7 Å². The number of para-hydroxylation sites is 2. The van der Waals surface area contributed by atoms with Crippen molar-refractivity contribution in [2.75, 3.05) is 5.75 Å². The molecular formula is C29H24ClN3O2S3. The highest BCUT2D eigenvalue weighted by Gasteiger charge is 2.22. The van der Waals surface area contributed by atoms with E-state index < -0.39 is 0 Å². The third kappa shape index (κ3) is 4.78. The van der Waals surface area contributed by atoms with Gasteiger partial charge in [-0.25, -0.2) is 4.98 Å². The van der Waals surface area contributed by atoms with Gasteiger partial charge in [0.1, 0.15) is 4.70 Å². The number of fused-ring (bicyclic) bond motifs is 1. The van der Waals surface area contributed by atoms with Crippen LogP contribution >= 0.6 is 46.9 Å². The fourth-order valence-corrected chi connectivity index (χ4v) is 6.88. The van der Waals surface area contributed by atoms with Crippen LogP contribution in [-0.2, 0) is 0 Å². The van der Waals surface area contributed by atoms with E-state index in [0.29, 0.717) is 30.0 Å². The molecule has 0 saturated carbocycles. The number of ketones is 1. The number of hydrogen-bond acceptors (Lipinski definition) is 6. The average molecular weight is 578 g/mol. The molecule has 0 aliphatic heterocycles. The third-order valence-electron chi connectivity index (χ3n) is 6.40. The molecule has 192 valence electrons. The SMILES string of the molecule is Cc1cccc(C)c1-n1c(SCC(=O)c2ccc(Cl)cc2)nc2c(sc(=S)n2-c2c(C)cccc2C)c1=O. The highest BCUT2D eigenvalue weighted by molar-refractivity contribution is 7.99. The van der Waals surface area contributed by atoms with Crippen LogP contribution in [0.1, 0.15) is 32.6 Å². The molecule has 0 atom stereocenters. The minimum atomic E-state index is -0.199. The Morgan fingerprint density at radius 1 is 0.895 bits per heavy atom. The quantitative estimate of drug-likeness (QED) is 0.0890. The fraction of sp³-hybridized carbons (Fsp3) is 0.172. The van der Waals surface area contributed by atoms with Crippen molar-refractivity contribution in [1.29, 1.82) is 0 Å². The maximum absolute atomic E-state index is 14.1. The maximum Gasteiger partial charge on any atom is 0.278 e. The van der Waals surface area contributed by atoms with Crippen LogP contribution in [0.3, 0.4) is 0 Å². The molecule has 0 aliphatic rings. The predicted octanol–water partition coefficient (Wildman–Crippen LogP) is 7.83. The van der Waals surface area contributed by atoms with Crippen molar-refractivity contribution < 1.29 is 4.79 Å². The van der Waals surface area contributed by atoms with Gasteiger partial charge >= 0.3 is 0 Å². The Morgan fingerprint density at radius 2 is 1.42 bits per heavy atom. The lowest BCUT2D eigenvalue weighted by Crippen LogP contribution is -2.23. The van der Waals surface area contributed by atoms with Gasteiger partial charge in [-0.15, -0.1) is 0 Å². The van der Waals surface area contributed by atoms with Crippen LogP contribution < -0.4 is 5.56 Å². The van der Waals surface area contributed by atoms with E-state index in [1.54, 1.807) is 28.8 Å². The van der Waals surface area contributed by atoms with Crippen LogP contribution in [0.4, 0.5) is 0 Å². The molecule has 0 radical (unpaired) electrons. The number of thiazole rings is 1. The van der Waals surface area contributed by atoms with Gasteiger partial charge in [0.15, 0.2) is 20.5 Å². The molecule has 0 amide bonds. The Morgan fingerprint density at radius 3 is 1.97 bits per heavy atom. The number of thioether (sulfide) groups is 1. The zero-order valence-electron chi connectivity index (χ0n) is 21.2. The van der Waals surface area contributed by atoms with Gasteiger partial charge in [0.25, 0.3) is 5.56 Å². The minimum Gasteiger partial charge on any atom is -0.293 e. The summed E-state index contributed by atoms with van der Waals surface area (Å²) >= 11 is 14.3. The second kappa shape index (κ2) is 10.6. The molecular weight excluding hydrogens is 554 g/mol. The van der Waals surface area contributed by atoms with Gasteiger partial charge in [0.2, 0.25) is 0 Å². The highest BCUT2D eigenvalue weighted by atomic mass is 35.5. The summed E-state index contributed by atoms with van der Waals surface area (Å²) < 4.78 is 4.55. The first kappa shape index (κ1) is 26.6. The number of carbonyl (C=O) groups is 1. The van der Waals surface area contributed by atoms with Gasteiger partial charge < -0.3 is 0 Å². The van der Waals surface area contributed by atoms with Crippen LogP contribution in [0.25, 0.3) is 21.7 Å². The number of aromatic nitrogens is 3. The summed E-state index contributed by atoms with van der Waals surface area (Å²) in [5.41, 5.74) is 6.51. The van der Waals surface area contributed by atoms with E-state index in [4.69, 9.17) is 28.8 Å². The molecule has 38 heavy (non-hydrogen) atoms. The number of halogens is 1. The zero-order valence-corrected chi connectivity index (χ0v) is 24.4. The summed E-state index contributed by atoms with van der Waals surface area (Å²) in [5, 5.41) is 1.01. The maximum atomic E-state index is 14.1. The second-order valence-corrected chi connectivity index (χ2v) is 12.1. The van der Waals surface area contributed by atoms with Crippen molar-refractivity contribution in [3.63, 3.8) is 0 Å². The third-order valence-corrected chi connectivity index (χ3v) is 8.94. The van der Waals surface area contributed by atoms with E-state index >= 15 is 0 Å². The van der Waals surface area contributed by atoms with Crippen LogP contribution in [0.15, 0.2) is 70.6 Å². The highest BCUT2D eigenvalue weighted by Crippen LogP contribution is 2.31. The monoisotopic (exact) mass is 577 g/mol. The van der Waals surface area contributed by atoms with Gasteiger partial charge in [-0.2, -0.15) is 0 Å². The van der Waals surface area contributed by atoms with Gasteiger partial charge in [-0.05, 0) is 86.4 Å². The first-order chi connectivity index (χ1) is 18.2.